The van der Waals surface area contributed by atoms with Gasteiger partial charge in [-0.1, -0.05) is 30.3 Å². The van der Waals surface area contributed by atoms with Crippen molar-refractivity contribution in [1.82, 2.24) is 0 Å². The van der Waals surface area contributed by atoms with Crippen molar-refractivity contribution in [2.45, 2.75) is 19.4 Å². The largest absolute Gasteiger partial charge is 0.495 e. The molecule has 1 aliphatic heterocycles. The first-order chi connectivity index (χ1) is 11.2. The Labute approximate surface area is 135 Å². The van der Waals surface area contributed by atoms with E-state index >= 15 is 0 Å². The SMILES string of the molecule is COc1ccccc1NC(=O)CCc1cccc2c1B(O)OC2. The van der Waals surface area contributed by atoms with E-state index in [4.69, 9.17) is 9.39 Å². The number of aryl methyl sites for hydroxylation is 1. The Balaban J connectivity index is 1.65. The number of rotatable bonds is 5. The van der Waals surface area contributed by atoms with Crippen LogP contribution in [0, 0.1) is 0 Å². The zero-order valence-electron chi connectivity index (χ0n) is 12.9. The molecule has 1 heterocycles. The molecule has 0 aliphatic carbocycles. The number of nitrogens with one attached hydrogen (secondary N) is 1. The second kappa shape index (κ2) is 6.85. The van der Waals surface area contributed by atoms with Crippen molar-refractivity contribution in [3.8, 4) is 5.75 Å². The van der Waals surface area contributed by atoms with Crippen molar-refractivity contribution in [1.29, 1.82) is 0 Å². The highest BCUT2D eigenvalue weighted by atomic mass is 16.5. The summed E-state index contributed by atoms with van der Waals surface area (Å²) in [6, 6.07) is 13.1. The molecule has 0 saturated carbocycles. The van der Waals surface area contributed by atoms with Gasteiger partial charge in [-0.2, -0.15) is 0 Å². The number of fused-ring (bicyclic) bond motifs is 1. The molecule has 2 N–H and O–H groups in total. The summed E-state index contributed by atoms with van der Waals surface area (Å²) in [6.07, 6.45) is 0.867. The summed E-state index contributed by atoms with van der Waals surface area (Å²) in [4.78, 5) is 12.2. The number of amides is 1. The molecule has 0 spiro atoms. The topological polar surface area (TPSA) is 67.8 Å². The fourth-order valence-corrected chi connectivity index (χ4v) is 2.79. The Morgan fingerprint density at radius 1 is 1.30 bits per heavy atom. The normalized spacial score (nSPS) is 12.9. The highest BCUT2D eigenvalue weighted by Gasteiger charge is 2.29. The van der Waals surface area contributed by atoms with E-state index in [0.29, 0.717) is 30.9 Å². The van der Waals surface area contributed by atoms with E-state index < -0.39 is 7.12 Å². The smallest absolute Gasteiger partial charge is 0.492 e. The maximum Gasteiger partial charge on any atom is 0.492 e. The molecule has 118 valence electrons. The molecule has 0 atom stereocenters. The minimum atomic E-state index is -0.890. The van der Waals surface area contributed by atoms with Gasteiger partial charge in [0.25, 0.3) is 0 Å². The first kappa shape index (κ1) is 15.6. The summed E-state index contributed by atoms with van der Waals surface area (Å²) in [5, 5.41) is 12.7. The lowest BCUT2D eigenvalue weighted by Crippen LogP contribution is -2.31. The number of hydrogen-bond donors (Lipinski definition) is 2. The summed E-state index contributed by atoms with van der Waals surface area (Å²) in [5.74, 6) is 0.533. The van der Waals surface area contributed by atoms with Crippen molar-refractivity contribution < 1.29 is 19.2 Å². The van der Waals surface area contributed by atoms with Gasteiger partial charge >= 0.3 is 7.12 Å². The zero-order chi connectivity index (χ0) is 16.2. The number of benzene rings is 2. The van der Waals surface area contributed by atoms with Gasteiger partial charge in [-0.15, -0.1) is 0 Å². The molecule has 2 aromatic carbocycles. The van der Waals surface area contributed by atoms with Gasteiger partial charge in [-0.25, -0.2) is 0 Å². The number of hydrogen-bond acceptors (Lipinski definition) is 4. The lowest BCUT2D eigenvalue weighted by molar-refractivity contribution is -0.116. The lowest BCUT2D eigenvalue weighted by atomic mass is 9.75. The molecular formula is C17H18BNO4. The highest BCUT2D eigenvalue weighted by molar-refractivity contribution is 6.62. The quantitative estimate of drug-likeness (QED) is 0.821. The van der Waals surface area contributed by atoms with Crippen LogP contribution in [0.4, 0.5) is 5.69 Å². The molecule has 0 aromatic heterocycles. The van der Waals surface area contributed by atoms with E-state index in [9.17, 15) is 9.82 Å². The number of ether oxygens (including phenoxy) is 1. The molecule has 3 rings (SSSR count). The third kappa shape index (κ3) is 3.38. The van der Waals surface area contributed by atoms with Crippen LogP contribution in [-0.2, 0) is 22.5 Å². The Morgan fingerprint density at radius 3 is 2.96 bits per heavy atom. The molecule has 0 fully saturated rings. The molecule has 0 radical (unpaired) electrons. The van der Waals surface area contributed by atoms with Crippen molar-refractivity contribution in [3.05, 3.63) is 53.6 Å². The van der Waals surface area contributed by atoms with Crippen molar-refractivity contribution in [3.63, 3.8) is 0 Å². The molecule has 6 heteroatoms. The second-order valence-electron chi connectivity index (χ2n) is 5.40. The van der Waals surface area contributed by atoms with Gasteiger partial charge in [0.1, 0.15) is 5.75 Å². The number of methoxy groups -OCH3 is 1. The van der Waals surface area contributed by atoms with Gasteiger partial charge in [0.2, 0.25) is 5.91 Å². The van der Waals surface area contributed by atoms with Crippen LogP contribution in [0.25, 0.3) is 0 Å². The van der Waals surface area contributed by atoms with Crippen molar-refractivity contribution >= 4 is 24.2 Å². The third-order valence-electron chi connectivity index (χ3n) is 3.93. The summed E-state index contributed by atoms with van der Waals surface area (Å²) in [5.41, 5.74) is 3.39. The minimum Gasteiger partial charge on any atom is -0.495 e. The summed E-state index contributed by atoms with van der Waals surface area (Å²) in [6.45, 7) is 0.414. The minimum absolute atomic E-state index is 0.0968. The van der Waals surface area contributed by atoms with Crippen LogP contribution in [0.5, 0.6) is 5.75 Å². The van der Waals surface area contributed by atoms with Crippen LogP contribution in [0.2, 0.25) is 0 Å². The van der Waals surface area contributed by atoms with Crippen LogP contribution < -0.4 is 15.5 Å². The van der Waals surface area contributed by atoms with Crippen LogP contribution in [-0.4, -0.2) is 25.2 Å². The van der Waals surface area contributed by atoms with E-state index in [0.717, 1.165) is 16.6 Å². The summed E-state index contributed by atoms with van der Waals surface area (Å²) in [7, 11) is 0.679. The predicted octanol–water partition coefficient (Wildman–Crippen LogP) is 1.48. The lowest BCUT2D eigenvalue weighted by Gasteiger charge is -2.11. The van der Waals surface area contributed by atoms with Gasteiger partial charge in [0, 0.05) is 6.42 Å². The number of anilines is 1. The molecule has 1 amide bonds. The number of carbonyl (C=O) groups is 1. The summed E-state index contributed by atoms with van der Waals surface area (Å²) < 4.78 is 10.5. The van der Waals surface area contributed by atoms with E-state index in [1.165, 1.54) is 0 Å². The van der Waals surface area contributed by atoms with E-state index in [-0.39, 0.29) is 5.91 Å². The Hall–Kier alpha value is -2.31. The Kier molecular flexibility index (Phi) is 4.64. The number of carbonyl (C=O) groups excluding carboxylic acids is 1. The maximum absolute atomic E-state index is 12.2. The van der Waals surface area contributed by atoms with Gasteiger partial charge in [-0.05, 0) is 35.1 Å². The molecule has 0 saturated heterocycles. The van der Waals surface area contributed by atoms with Crippen LogP contribution in [0.15, 0.2) is 42.5 Å². The molecule has 0 bridgehead atoms. The average Bonchev–Trinajstić information content (AvgIpc) is 2.95. The molecule has 0 unspecified atom stereocenters. The summed E-state index contributed by atoms with van der Waals surface area (Å²) >= 11 is 0. The van der Waals surface area contributed by atoms with Gasteiger partial charge in [-0.3, -0.25) is 4.79 Å². The Bertz CT molecular complexity index is 719. The fourth-order valence-electron chi connectivity index (χ4n) is 2.79. The third-order valence-corrected chi connectivity index (χ3v) is 3.93. The van der Waals surface area contributed by atoms with Gasteiger partial charge in [0.05, 0.1) is 19.4 Å². The van der Waals surface area contributed by atoms with E-state index in [2.05, 4.69) is 5.32 Å². The zero-order valence-corrected chi connectivity index (χ0v) is 12.9. The highest BCUT2D eigenvalue weighted by Crippen LogP contribution is 2.23. The Morgan fingerprint density at radius 2 is 2.13 bits per heavy atom. The van der Waals surface area contributed by atoms with E-state index in [1.807, 2.05) is 30.3 Å². The fraction of sp³-hybridized carbons (Fsp3) is 0.235. The molecule has 1 aliphatic rings. The molecule has 23 heavy (non-hydrogen) atoms. The first-order valence-electron chi connectivity index (χ1n) is 7.52. The monoisotopic (exact) mass is 311 g/mol. The number of para-hydroxylation sites is 2. The van der Waals surface area contributed by atoms with E-state index in [1.54, 1.807) is 19.2 Å². The van der Waals surface area contributed by atoms with Crippen LogP contribution >= 0.6 is 0 Å². The first-order valence-corrected chi connectivity index (χ1v) is 7.52. The maximum atomic E-state index is 12.2. The van der Waals surface area contributed by atoms with Gasteiger partial charge in [0.15, 0.2) is 0 Å². The van der Waals surface area contributed by atoms with Crippen LogP contribution in [0.3, 0.4) is 0 Å². The van der Waals surface area contributed by atoms with Crippen molar-refractivity contribution in [2.75, 3.05) is 12.4 Å². The molecule has 5 nitrogen and oxygen atoms in total. The predicted molar refractivity (Wildman–Crippen MR) is 88.8 cm³/mol. The average molecular weight is 311 g/mol. The van der Waals surface area contributed by atoms with Crippen LogP contribution in [0.1, 0.15) is 17.5 Å². The molecule has 2 aromatic rings. The second-order valence-corrected chi connectivity index (χ2v) is 5.40. The van der Waals surface area contributed by atoms with Crippen molar-refractivity contribution in [2.24, 2.45) is 0 Å². The molecular weight excluding hydrogens is 293 g/mol. The standard InChI is InChI=1S/C17H18BNO4/c1-22-15-8-3-2-7-14(15)19-16(20)10-9-12-5-4-6-13-11-23-18(21)17(12)13/h2-8,21H,9-11H2,1H3,(H,19,20). The van der Waals surface area contributed by atoms with Gasteiger partial charge < -0.3 is 19.7 Å².